The van der Waals surface area contributed by atoms with Crippen LogP contribution in [0.3, 0.4) is 0 Å². The van der Waals surface area contributed by atoms with Crippen LogP contribution in [-0.4, -0.2) is 30.4 Å². The molecule has 0 aromatic carbocycles. The third-order valence-corrected chi connectivity index (χ3v) is 5.96. The van der Waals surface area contributed by atoms with E-state index in [9.17, 15) is 13.2 Å². The lowest BCUT2D eigenvalue weighted by Crippen LogP contribution is -2.35. The first-order valence-corrected chi connectivity index (χ1v) is 8.87. The maximum atomic E-state index is 12.1. The molecule has 0 radical (unpaired) electrons. The Morgan fingerprint density at radius 1 is 1.47 bits per heavy atom. The van der Waals surface area contributed by atoms with Gasteiger partial charge in [-0.2, -0.15) is 11.8 Å². The van der Waals surface area contributed by atoms with Crippen LogP contribution in [0.1, 0.15) is 26.2 Å². The summed E-state index contributed by atoms with van der Waals surface area (Å²) >= 11 is 1.86. The number of pyridine rings is 1. The van der Waals surface area contributed by atoms with Crippen LogP contribution >= 0.6 is 11.8 Å². The minimum Gasteiger partial charge on any atom is -0.366 e. The Kier molecular flexibility index (Phi) is 4.70. The largest absolute Gasteiger partial charge is 0.366 e. The second kappa shape index (κ2) is 6.11. The molecule has 1 aromatic rings. The molecular weight excluding hydrogens is 284 g/mol. The lowest BCUT2D eigenvalue weighted by atomic mass is 10.3. The fourth-order valence-corrected chi connectivity index (χ4v) is 4.81. The quantitative estimate of drug-likeness (QED) is 0.860. The van der Waals surface area contributed by atoms with Crippen molar-refractivity contribution < 1.29 is 8.42 Å². The molecule has 1 aliphatic rings. The third-order valence-electron chi connectivity index (χ3n) is 3.19. The Balaban J connectivity index is 2.07. The van der Waals surface area contributed by atoms with Gasteiger partial charge in [0.2, 0.25) is 15.5 Å². The molecule has 0 bridgehead atoms. The van der Waals surface area contributed by atoms with Crippen molar-refractivity contribution in [3.63, 3.8) is 0 Å². The maximum Gasteiger partial charge on any atom is 0.246 e. The second-order valence-electron chi connectivity index (χ2n) is 4.58. The Hall–Kier alpha value is -0.790. The van der Waals surface area contributed by atoms with E-state index in [-0.39, 0.29) is 10.9 Å². The number of aromatic amines is 1. The summed E-state index contributed by atoms with van der Waals surface area (Å²) in [6.45, 7) is 2.10. The fourth-order valence-electron chi connectivity index (χ4n) is 2.33. The summed E-state index contributed by atoms with van der Waals surface area (Å²) in [4.78, 5) is 14.0. The van der Waals surface area contributed by atoms with Gasteiger partial charge in [0.1, 0.15) is 4.90 Å². The zero-order valence-corrected chi connectivity index (χ0v) is 12.4. The number of thioether (sulfide) groups is 1. The highest BCUT2D eigenvalue weighted by Crippen LogP contribution is 2.30. The highest BCUT2D eigenvalue weighted by Gasteiger charge is 2.29. The van der Waals surface area contributed by atoms with Gasteiger partial charge in [0.05, 0.1) is 0 Å². The van der Waals surface area contributed by atoms with E-state index in [1.165, 1.54) is 18.5 Å². The molecule has 0 amide bonds. The molecule has 0 saturated heterocycles. The standard InChI is InChI=1S/C12H18N2O3S2/c1-2-18-10-4-3-9(7-10)14-19(16,17)12-8-13-6-5-11(12)15/h5-6,8-10,14H,2-4,7H2,1H3,(H,13,15). The van der Waals surface area contributed by atoms with Crippen molar-refractivity contribution in [2.75, 3.05) is 5.75 Å². The number of sulfonamides is 1. The van der Waals surface area contributed by atoms with E-state index in [0.29, 0.717) is 5.25 Å². The minimum absolute atomic E-state index is 0.0614. The normalized spacial score (nSPS) is 23.6. The van der Waals surface area contributed by atoms with Gasteiger partial charge in [-0.25, -0.2) is 13.1 Å². The average molecular weight is 302 g/mol. The summed E-state index contributed by atoms with van der Waals surface area (Å²) in [7, 11) is -3.72. The minimum atomic E-state index is -3.72. The van der Waals surface area contributed by atoms with Gasteiger partial charge in [0, 0.05) is 29.8 Å². The Bertz CT molecular complexity index is 583. The topological polar surface area (TPSA) is 79.0 Å². The van der Waals surface area contributed by atoms with Crippen molar-refractivity contribution in [3.8, 4) is 0 Å². The first kappa shape index (κ1) is 14.6. The van der Waals surface area contributed by atoms with Gasteiger partial charge in [-0.3, -0.25) is 4.79 Å². The van der Waals surface area contributed by atoms with Crippen LogP contribution in [0.15, 0.2) is 28.2 Å². The molecule has 1 aromatic heterocycles. The Labute approximate surface area is 117 Å². The van der Waals surface area contributed by atoms with Crippen LogP contribution < -0.4 is 10.2 Å². The molecule has 0 aliphatic heterocycles. The summed E-state index contributed by atoms with van der Waals surface area (Å²) in [5.41, 5.74) is -0.483. The van der Waals surface area contributed by atoms with Crippen LogP contribution in [-0.2, 0) is 10.0 Å². The zero-order valence-electron chi connectivity index (χ0n) is 10.8. The number of hydrogen-bond acceptors (Lipinski definition) is 4. The van der Waals surface area contributed by atoms with Gasteiger partial charge in [-0.05, 0) is 25.0 Å². The van der Waals surface area contributed by atoms with Gasteiger partial charge >= 0.3 is 0 Å². The maximum absolute atomic E-state index is 12.1. The molecule has 1 heterocycles. The van der Waals surface area contributed by atoms with Crippen LogP contribution in [0.25, 0.3) is 0 Å². The van der Waals surface area contributed by atoms with Gasteiger partial charge in [0.25, 0.3) is 0 Å². The zero-order chi connectivity index (χ0) is 13.9. The van der Waals surface area contributed by atoms with E-state index in [1.54, 1.807) is 0 Å². The molecule has 1 saturated carbocycles. The van der Waals surface area contributed by atoms with E-state index in [4.69, 9.17) is 0 Å². The van der Waals surface area contributed by atoms with Crippen molar-refractivity contribution in [1.29, 1.82) is 0 Å². The molecule has 106 valence electrons. The van der Waals surface area contributed by atoms with Crippen LogP contribution in [0.2, 0.25) is 0 Å². The molecular formula is C12H18N2O3S2. The van der Waals surface area contributed by atoms with Crippen LogP contribution in [0.4, 0.5) is 0 Å². The molecule has 2 atom stereocenters. The fraction of sp³-hybridized carbons (Fsp3) is 0.583. The smallest absolute Gasteiger partial charge is 0.246 e. The summed E-state index contributed by atoms with van der Waals surface area (Å²) in [6.07, 6.45) is 5.35. The average Bonchev–Trinajstić information content (AvgIpc) is 2.76. The van der Waals surface area contributed by atoms with Crippen LogP contribution in [0.5, 0.6) is 0 Å². The van der Waals surface area contributed by atoms with E-state index < -0.39 is 15.5 Å². The van der Waals surface area contributed by atoms with Gasteiger partial charge in [-0.15, -0.1) is 0 Å². The molecule has 19 heavy (non-hydrogen) atoms. The van der Waals surface area contributed by atoms with Gasteiger partial charge in [-0.1, -0.05) is 6.92 Å². The summed E-state index contributed by atoms with van der Waals surface area (Å²) in [6, 6.07) is 1.16. The second-order valence-corrected chi connectivity index (χ2v) is 7.84. The first-order chi connectivity index (χ1) is 9.03. The van der Waals surface area contributed by atoms with Crippen molar-refractivity contribution in [1.82, 2.24) is 9.71 Å². The highest BCUT2D eigenvalue weighted by atomic mass is 32.2. The van der Waals surface area contributed by atoms with Crippen molar-refractivity contribution in [2.24, 2.45) is 0 Å². The lowest BCUT2D eigenvalue weighted by molar-refractivity contribution is 0.551. The monoisotopic (exact) mass is 302 g/mol. The van der Waals surface area contributed by atoms with E-state index >= 15 is 0 Å². The predicted octanol–water partition coefficient (Wildman–Crippen LogP) is 1.33. The molecule has 2 unspecified atom stereocenters. The van der Waals surface area contributed by atoms with Crippen LogP contribution in [0, 0.1) is 0 Å². The molecule has 7 heteroatoms. The molecule has 0 spiro atoms. The number of nitrogens with one attached hydrogen (secondary N) is 2. The summed E-state index contributed by atoms with van der Waals surface area (Å²) in [5.74, 6) is 1.04. The van der Waals surface area contributed by atoms with E-state index in [1.807, 2.05) is 11.8 Å². The molecule has 2 N–H and O–H groups in total. The number of aromatic nitrogens is 1. The molecule has 2 rings (SSSR count). The number of hydrogen-bond donors (Lipinski definition) is 2. The first-order valence-electron chi connectivity index (χ1n) is 6.34. The third kappa shape index (κ3) is 3.61. The number of H-pyrrole nitrogens is 1. The predicted molar refractivity (Wildman–Crippen MR) is 76.9 cm³/mol. The molecule has 5 nitrogen and oxygen atoms in total. The van der Waals surface area contributed by atoms with E-state index in [2.05, 4.69) is 16.6 Å². The SMILES string of the molecule is CCSC1CCC(NS(=O)(=O)c2c[nH]ccc2=O)C1. The van der Waals surface area contributed by atoms with Gasteiger partial charge in [0.15, 0.2) is 0 Å². The molecule has 1 aliphatic carbocycles. The highest BCUT2D eigenvalue weighted by molar-refractivity contribution is 7.99. The molecule has 1 fully saturated rings. The van der Waals surface area contributed by atoms with E-state index in [0.717, 1.165) is 25.0 Å². The Morgan fingerprint density at radius 2 is 2.26 bits per heavy atom. The number of rotatable bonds is 5. The Morgan fingerprint density at radius 3 is 2.95 bits per heavy atom. The summed E-state index contributed by atoms with van der Waals surface area (Å²) in [5, 5.41) is 0.520. The van der Waals surface area contributed by atoms with Gasteiger partial charge < -0.3 is 4.98 Å². The van der Waals surface area contributed by atoms with Crippen molar-refractivity contribution in [3.05, 3.63) is 28.7 Å². The lowest BCUT2D eigenvalue weighted by Gasteiger charge is -2.13. The van der Waals surface area contributed by atoms with Crippen molar-refractivity contribution >= 4 is 21.8 Å². The summed E-state index contributed by atoms with van der Waals surface area (Å²) < 4.78 is 26.9. The van der Waals surface area contributed by atoms with Crippen molar-refractivity contribution in [2.45, 2.75) is 42.4 Å².